The predicted octanol–water partition coefficient (Wildman–Crippen LogP) is 4.64. The maximum atomic E-state index is 15.3. The first-order valence-electron chi connectivity index (χ1n) is 8.82. The molecule has 0 saturated carbocycles. The number of hydrogen-bond donors (Lipinski definition) is 2. The van der Waals surface area contributed by atoms with Gasteiger partial charge in [0.25, 0.3) is 0 Å². The van der Waals surface area contributed by atoms with E-state index in [1.807, 2.05) is 37.3 Å². The first-order valence-corrected chi connectivity index (χ1v) is 8.82. The van der Waals surface area contributed by atoms with E-state index in [2.05, 4.69) is 17.4 Å². The van der Waals surface area contributed by atoms with Gasteiger partial charge in [-0.3, -0.25) is 0 Å². The van der Waals surface area contributed by atoms with E-state index in [1.54, 1.807) is 12.1 Å². The molecular formula is C21H26FNO. The normalized spacial score (nSPS) is 25.3. The molecule has 0 aromatic heterocycles. The molecule has 2 aromatic carbocycles. The number of halogens is 1. The summed E-state index contributed by atoms with van der Waals surface area (Å²) in [7, 11) is 0. The molecule has 0 amide bonds. The number of piperidine rings is 1. The molecule has 2 N–H and O–H groups in total. The average Bonchev–Trinajstić information content (AvgIpc) is 2.59. The van der Waals surface area contributed by atoms with E-state index in [0.717, 1.165) is 25.1 Å². The Hall–Kier alpha value is -1.87. The van der Waals surface area contributed by atoms with Gasteiger partial charge in [-0.25, -0.2) is 4.39 Å². The Morgan fingerprint density at radius 2 is 1.92 bits per heavy atom. The van der Waals surface area contributed by atoms with E-state index in [4.69, 9.17) is 0 Å². The van der Waals surface area contributed by atoms with Crippen LogP contribution >= 0.6 is 0 Å². The predicted molar refractivity (Wildman–Crippen MR) is 96.1 cm³/mol. The highest BCUT2D eigenvalue weighted by atomic mass is 19.1. The van der Waals surface area contributed by atoms with Crippen molar-refractivity contribution < 1.29 is 9.50 Å². The van der Waals surface area contributed by atoms with E-state index in [9.17, 15) is 5.11 Å². The van der Waals surface area contributed by atoms with E-state index >= 15 is 4.39 Å². The molecule has 1 fully saturated rings. The minimum absolute atomic E-state index is 0.0341. The molecule has 1 aliphatic rings. The second-order valence-corrected chi connectivity index (χ2v) is 6.99. The number of phenolic OH excluding ortho intramolecular Hbond substituents is 1. The lowest BCUT2D eigenvalue weighted by Crippen LogP contribution is -2.46. The summed E-state index contributed by atoms with van der Waals surface area (Å²) in [5, 5.41) is 13.1. The van der Waals surface area contributed by atoms with Crippen LogP contribution in [0, 0.1) is 5.92 Å². The summed E-state index contributed by atoms with van der Waals surface area (Å²) in [4.78, 5) is 0. The number of alkyl halides is 1. The Bertz CT molecular complexity index is 660. The zero-order valence-electron chi connectivity index (χ0n) is 14.2. The van der Waals surface area contributed by atoms with Crippen molar-refractivity contribution in [3.63, 3.8) is 0 Å². The molecule has 0 radical (unpaired) electrons. The molecule has 3 unspecified atom stereocenters. The molecule has 2 nitrogen and oxygen atoms in total. The highest BCUT2D eigenvalue weighted by Gasteiger charge is 2.38. The highest BCUT2D eigenvalue weighted by Crippen LogP contribution is 2.38. The number of hydrogen-bond acceptors (Lipinski definition) is 2. The van der Waals surface area contributed by atoms with Crippen LogP contribution in [0.25, 0.3) is 0 Å². The average molecular weight is 327 g/mol. The first-order chi connectivity index (χ1) is 11.6. The van der Waals surface area contributed by atoms with Crippen molar-refractivity contribution in [2.24, 2.45) is 5.92 Å². The summed E-state index contributed by atoms with van der Waals surface area (Å²) < 4.78 is 15.3. The van der Waals surface area contributed by atoms with Crippen LogP contribution in [0.2, 0.25) is 0 Å². The highest BCUT2D eigenvalue weighted by molar-refractivity contribution is 5.36. The number of benzene rings is 2. The maximum absolute atomic E-state index is 15.3. The fraction of sp³-hybridized carbons (Fsp3) is 0.429. The van der Waals surface area contributed by atoms with Crippen LogP contribution in [-0.4, -0.2) is 23.9 Å². The third-order valence-corrected chi connectivity index (χ3v) is 5.37. The van der Waals surface area contributed by atoms with E-state index in [-0.39, 0.29) is 17.6 Å². The van der Waals surface area contributed by atoms with E-state index in [1.165, 1.54) is 5.56 Å². The van der Waals surface area contributed by atoms with Crippen LogP contribution in [0.4, 0.5) is 4.39 Å². The van der Waals surface area contributed by atoms with Crippen LogP contribution < -0.4 is 5.32 Å². The molecule has 3 heteroatoms. The molecule has 3 rings (SSSR count). The summed E-state index contributed by atoms with van der Waals surface area (Å²) in [6, 6.07) is 17.6. The molecule has 1 saturated heterocycles. The second-order valence-electron chi connectivity index (χ2n) is 6.99. The molecular weight excluding hydrogens is 301 g/mol. The van der Waals surface area contributed by atoms with Gasteiger partial charge in [0.05, 0.1) is 0 Å². The molecule has 3 atom stereocenters. The van der Waals surface area contributed by atoms with Crippen molar-refractivity contribution in [1.82, 2.24) is 5.32 Å². The van der Waals surface area contributed by atoms with Crippen LogP contribution in [-0.2, 0) is 0 Å². The third-order valence-electron chi connectivity index (χ3n) is 5.37. The summed E-state index contributed by atoms with van der Waals surface area (Å²) in [6.07, 6.45) is 1.87. The van der Waals surface area contributed by atoms with Gasteiger partial charge in [0.2, 0.25) is 0 Å². The number of nitrogens with one attached hydrogen (secondary N) is 1. The SMILES string of the molecule is CC1CNCCC1(F)CCC(c1ccccc1)c1cccc(O)c1. The largest absolute Gasteiger partial charge is 0.508 e. The monoisotopic (exact) mass is 327 g/mol. The molecule has 128 valence electrons. The third kappa shape index (κ3) is 3.78. The van der Waals surface area contributed by atoms with Gasteiger partial charge in [-0.2, -0.15) is 0 Å². The van der Waals surface area contributed by atoms with Gasteiger partial charge in [-0.05, 0) is 49.1 Å². The molecule has 24 heavy (non-hydrogen) atoms. The Balaban J connectivity index is 1.83. The number of aromatic hydroxyl groups is 1. The molecule has 1 aliphatic heterocycles. The smallest absolute Gasteiger partial charge is 0.116 e. The van der Waals surface area contributed by atoms with Crippen molar-refractivity contribution in [3.8, 4) is 5.75 Å². The fourth-order valence-corrected chi connectivity index (χ4v) is 3.75. The molecule has 0 spiro atoms. The van der Waals surface area contributed by atoms with Crippen LogP contribution in [0.1, 0.15) is 43.2 Å². The maximum Gasteiger partial charge on any atom is 0.116 e. The lowest BCUT2D eigenvalue weighted by atomic mass is 9.77. The minimum atomic E-state index is -1.10. The van der Waals surface area contributed by atoms with Crippen LogP contribution in [0.3, 0.4) is 0 Å². The Morgan fingerprint density at radius 3 is 2.62 bits per heavy atom. The minimum Gasteiger partial charge on any atom is -0.508 e. The van der Waals surface area contributed by atoms with Gasteiger partial charge >= 0.3 is 0 Å². The lowest BCUT2D eigenvalue weighted by molar-refractivity contribution is 0.0456. The van der Waals surface area contributed by atoms with Crippen molar-refractivity contribution in [1.29, 1.82) is 0 Å². The topological polar surface area (TPSA) is 32.3 Å². The lowest BCUT2D eigenvalue weighted by Gasteiger charge is -2.37. The standard InChI is InChI=1S/C21H26FNO/c1-16-15-23-13-12-21(16,22)11-10-20(17-6-3-2-4-7-17)18-8-5-9-19(24)14-18/h2-9,14,16,20,23-24H,10-13,15H2,1H3. The molecule has 2 aromatic rings. The molecule has 0 aliphatic carbocycles. The fourth-order valence-electron chi connectivity index (χ4n) is 3.75. The van der Waals surface area contributed by atoms with Gasteiger partial charge in [0.15, 0.2) is 0 Å². The Labute approximate surface area is 143 Å². The van der Waals surface area contributed by atoms with Crippen molar-refractivity contribution in [3.05, 3.63) is 65.7 Å². The van der Waals surface area contributed by atoms with Crippen LogP contribution in [0.5, 0.6) is 5.75 Å². The Morgan fingerprint density at radius 1 is 1.17 bits per heavy atom. The van der Waals surface area contributed by atoms with Gasteiger partial charge in [-0.15, -0.1) is 0 Å². The quantitative estimate of drug-likeness (QED) is 0.838. The van der Waals surface area contributed by atoms with Crippen molar-refractivity contribution >= 4 is 0 Å². The zero-order valence-corrected chi connectivity index (χ0v) is 14.2. The summed E-state index contributed by atoms with van der Waals surface area (Å²) in [5.74, 6) is 0.401. The van der Waals surface area contributed by atoms with Gasteiger partial charge in [-0.1, -0.05) is 49.4 Å². The van der Waals surface area contributed by atoms with E-state index in [0.29, 0.717) is 12.8 Å². The van der Waals surface area contributed by atoms with Gasteiger partial charge in [0, 0.05) is 18.4 Å². The summed E-state index contributed by atoms with van der Waals surface area (Å²) in [5.41, 5.74) is 1.12. The van der Waals surface area contributed by atoms with Crippen molar-refractivity contribution in [2.45, 2.75) is 37.8 Å². The van der Waals surface area contributed by atoms with E-state index < -0.39 is 5.67 Å². The molecule has 0 bridgehead atoms. The van der Waals surface area contributed by atoms with Crippen LogP contribution in [0.15, 0.2) is 54.6 Å². The summed E-state index contributed by atoms with van der Waals surface area (Å²) in [6.45, 7) is 3.50. The number of rotatable bonds is 5. The Kier molecular flexibility index (Phi) is 5.20. The first kappa shape index (κ1) is 17.0. The van der Waals surface area contributed by atoms with Crippen molar-refractivity contribution in [2.75, 3.05) is 13.1 Å². The van der Waals surface area contributed by atoms with Gasteiger partial charge in [0.1, 0.15) is 11.4 Å². The second kappa shape index (κ2) is 7.35. The molecule has 1 heterocycles. The summed E-state index contributed by atoms with van der Waals surface area (Å²) >= 11 is 0. The number of phenols is 1. The zero-order chi connectivity index (χ0) is 17.0. The van der Waals surface area contributed by atoms with Gasteiger partial charge < -0.3 is 10.4 Å².